The van der Waals surface area contributed by atoms with Gasteiger partial charge in [-0.05, 0) is 18.1 Å². The van der Waals surface area contributed by atoms with Gasteiger partial charge in [0.25, 0.3) is 10.0 Å². The fraction of sp³-hybridized carbons (Fsp3) is 0.222. The lowest BCUT2D eigenvalue weighted by atomic mass is 10.2. The van der Waals surface area contributed by atoms with Crippen LogP contribution in [0.1, 0.15) is 12.5 Å². The number of sulfonamides is 1. The lowest BCUT2D eigenvalue weighted by Crippen LogP contribution is -2.15. The number of aryl methyl sites for hydroxylation is 1. The van der Waals surface area contributed by atoms with Crippen LogP contribution in [0.25, 0.3) is 5.65 Å². The number of primary sulfonamides is 1. The second kappa shape index (κ2) is 3.73. The first-order valence-corrected chi connectivity index (χ1v) is 6.55. The highest BCUT2D eigenvalue weighted by Gasteiger charge is 2.20. The van der Waals surface area contributed by atoms with Crippen LogP contribution >= 0.6 is 11.6 Å². The summed E-state index contributed by atoms with van der Waals surface area (Å²) in [6.45, 7) is 1.97. The molecule has 2 heterocycles. The average Bonchev–Trinajstić information content (AvgIpc) is 2.51. The summed E-state index contributed by atoms with van der Waals surface area (Å²) in [6.07, 6.45) is 2.46. The maximum absolute atomic E-state index is 11.4. The number of hydrogen-bond donors (Lipinski definition) is 1. The van der Waals surface area contributed by atoms with Crippen molar-refractivity contribution in [2.45, 2.75) is 18.4 Å². The van der Waals surface area contributed by atoms with E-state index in [9.17, 15) is 8.42 Å². The largest absolute Gasteiger partial charge is 0.288 e. The number of halogens is 1. The van der Waals surface area contributed by atoms with E-state index in [1.54, 1.807) is 12.3 Å². The quantitative estimate of drug-likeness (QED) is 0.880. The fourth-order valence-corrected chi connectivity index (χ4v) is 2.70. The number of aromatic nitrogens is 2. The highest BCUT2D eigenvalue weighted by Crippen LogP contribution is 2.22. The summed E-state index contributed by atoms with van der Waals surface area (Å²) in [5.74, 6) is 0. The molecule has 16 heavy (non-hydrogen) atoms. The number of pyridine rings is 1. The predicted octanol–water partition coefficient (Wildman–Crippen LogP) is 1.20. The molecule has 2 N–H and O–H groups in total. The molecule has 0 amide bonds. The molecule has 2 aromatic heterocycles. The Morgan fingerprint density at radius 1 is 1.50 bits per heavy atom. The van der Waals surface area contributed by atoms with E-state index in [1.807, 2.05) is 13.0 Å². The summed E-state index contributed by atoms with van der Waals surface area (Å²) in [6, 6.07) is 3.57. The topological polar surface area (TPSA) is 77.5 Å². The van der Waals surface area contributed by atoms with E-state index >= 15 is 0 Å². The second-order valence-corrected chi connectivity index (χ2v) is 5.21. The van der Waals surface area contributed by atoms with Crippen LogP contribution in [-0.2, 0) is 16.4 Å². The zero-order chi connectivity index (χ0) is 11.9. The normalized spacial score (nSPS) is 12.2. The van der Waals surface area contributed by atoms with Gasteiger partial charge in [0, 0.05) is 6.20 Å². The summed E-state index contributed by atoms with van der Waals surface area (Å²) in [5.41, 5.74) is 1.44. The number of imidazole rings is 1. The van der Waals surface area contributed by atoms with Gasteiger partial charge in [-0.3, -0.25) is 4.40 Å². The molecule has 0 aliphatic rings. The SMILES string of the molecule is CCc1ccc2nc(Cl)c(S(N)(=O)=O)n2c1. The van der Waals surface area contributed by atoms with E-state index < -0.39 is 10.0 Å². The Kier molecular flexibility index (Phi) is 2.65. The molecular weight excluding hydrogens is 250 g/mol. The molecule has 86 valence electrons. The number of fused-ring (bicyclic) bond motifs is 1. The minimum atomic E-state index is -3.87. The standard InChI is InChI=1S/C9H10ClN3O2S/c1-2-6-3-4-7-12-8(10)9(13(7)5-6)16(11,14)15/h3-5H,2H2,1H3,(H2,11,14,15). The summed E-state index contributed by atoms with van der Waals surface area (Å²) < 4.78 is 24.1. The van der Waals surface area contributed by atoms with Crippen molar-refractivity contribution in [3.63, 3.8) is 0 Å². The highest BCUT2D eigenvalue weighted by atomic mass is 35.5. The van der Waals surface area contributed by atoms with Gasteiger partial charge in [-0.2, -0.15) is 0 Å². The van der Waals surface area contributed by atoms with Crippen molar-refractivity contribution < 1.29 is 8.42 Å². The fourth-order valence-electron chi connectivity index (χ4n) is 1.50. The molecule has 2 aromatic rings. The third kappa shape index (κ3) is 1.79. The molecule has 0 radical (unpaired) electrons. The Bertz CT molecular complexity index is 648. The van der Waals surface area contributed by atoms with Crippen LogP contribution in [0.2, 0.25) is 5.15 Å². The smallest absolute Gasteiger partial charge is 0.257 e. The van der Waals surface area contributed by atoms with E-state index in [4.69, 9.17) is 16.7 Å². The highest BCUT2D eigenvalue weighted by molar-refractivity contribution is 7.89. The zero-order valence-electron chi connectivity index (χ0n) is 8.51. The first-order valence-electron chi connectivity index (χ1n) is 4.62. The molecule has 0 saturated heterocycles. The van der Waals surface area contributed by atoms with Gasteiger partial charge in [-0.25, -0.2) is 18.5 Å². The lowest BCUT2D eigenvalue weighted by molar-refractivity contribution is 0.593. The number of rotatable bonds is 2. The minimum absolute atomic E-state index is 0.101. The molecule has 0 fully saturated rings. The summed E-state index contributed by atoms with van der Waals surface area (Å²) in [4.78, 5) is 3.92. The van der Waals surface area contributed by atoms with Crippen LogP contribution in [0.4, 0.5) is 0 Å². The third-order valence-electron chi connectivity index (χ3n) is 2.27. The minimum Gasteiger partial charge on any atom is -0.288 e. The monoisotopic (exact) mass is 259 g/mol. The summed E-state index contributed by atoms with van der Waals surface area (Å²) in [5, 5.41) is 4.82. The van der Waals surface area contributed by atoms with Gasteiger partial charge in [-0.1, -0.05) is 24.6 Å². The number of hydrogen-bond acceptors (Lipinski definition) is 3. The molecule has 0 saturated carbocycles. The molecule has 0 spiro atoms. The molecule has 0 aromatic carbocycles. The van der Waals surface area contributed by atoms with Crippen LogP contribution < -0.4 is 5.14 Å². The molecule has 7 heteroatoms. The van der Waals surface area contributed by atoms with Gasteiger partial charge in [0.05, 0.1) is 0 Å². The van der Waals surface area contributed by atoms with Crippen molar-refractivity contribution in [3.8, 4) is 0 Å². The van der Waals surface area contributed by atoms with Gasteiger partial charge >= 0.3 is 0 Å². The van der Waals surface area contributed by atoms with Crippen LogP contribution in [0.3, 0.4) is 0 Å². The molecule has 0 atom stereocenters. The molecule has 0 unspecified atom stereocenters. The van der Waals surface area contributed by atoms with Crippen molar-refractivity contribution in [1.82, 2.24) is 9.38 Å². The number of nitrogens with zero attached hydrogens (tertiary/aromatic N) is 2. The van der Waals surface area contributed by atoms with Gasteiger partial charge in [0.1, 0.15) is 5.65 Å². The Hall–Kier alpha value is -1.11. The Balaban J connectivity index is 2.87. The van der Waals surface area contributed by atoms with Gasteiger partial charge in [0.15, 0.2) is 10.2 Å². The van der Waals surface area contributed by atoms with Crippen molar-refractivity contribution in [2.24, 2.45) is 5.14 Å². The van der Waals surface area contributed by atoms with Crippen molar-refractivity contribution >= 4 is 27.3 Å². The first-order chi connectivity index (χ1) is 7.43. The van der Waals surface area contributed by atoms with E-state index in [0.717, 1.165) is 12.0 Å². The van der Waals surface area contributed by atoms with Crippen LogP contribution in [0.5, 0.6) is 0 Å². The van der Waals surface area contributed by atoms with Crippen molar-refractivity contribution in [1.29, 1.82) is 0 Å². The van der Waals surface area contributed by atoms with Crippen molar-refractivity contribution in [2.75, 3.05) is 0 Å². The van der Waals surface area contributed by atoms with E-state index in [-0.39, 0.29) is 10.2 Å². The van der Waals surface area contributed by atoms with Gasteiger partial charge in [-0.15, -0.1) is 0 Å². The average molecular weight is 260 g/mol. The van der Waals surface area contributed by atoms with Crippen LogP contribution in [0, 0.1) is 0 Å². The Morgan fingerprint density at radius 2 is 2.19 bits per heavy atom. The molecule has 2 rings (SSSR count). The molecule has 5 nitrogen and oxygen atoms in total. The molecule has 0 aliphatic heterocycles. The molecular formula is C9H10ClN3O2S. The Labute approximate surface area is 97.9 Å². The van der Waals surface area contributed by atoms with Crippen LogP contribution in [-0.4, -0.2) is 17.8 Å². The summed E-state index contributed by atoms with van der Waals surface area (Å²) in [7, 11) is -3.87. The first kappa shape index (κ1) is 11.4. The van der Waals surface area contributed by atoms with Crippen LogP contribution in [0.15, 0.2) is 23.4 Å². The zero-order valence-corrected chi connectivity index (χ0v) is 10.1. The lowest BCUT2D eigenvalue weighted by Gasteiger charge is -2.01. The van der Waals surface area contributed by atoms with E-state index in [0.29, 0.717) is 5.65 Å². The number of nitrogens with two attached hydrogens (primary N) is 1. The maximum atomic E-state index is 11.4. The molecule has 0 aliphatic carbocycles. The van der Waals surface area contributed by atoms with Gasteiger partial charge < -0.3 is 0 Å². The predicted molar refractivity (Wildman–Crippen MR) is 61.0 cm³/mol. The van der Waals surface area contributed by atoms with Gasteiger partial charge in [0.2, 0.25) is 0 Å². The maximum Gasteiger partial charge on any atom is 0.257 e. The van der Waals surface area contributed by atoms with Crippen molar-refractivity contribution in [3.05, 3.63) is 29.0 Å². The van der Waals surface area contributed by atoms with E-state index in [1.165, 1.54) is 4.40 Å². The second-order valence-electron chi connectivity index (χ2n) is 3.37. The molecule has 0 bridgehead atoms. The third-order valence-corrected chi connectivity index (χ3v) is 3.58. The summed E-state index contributed by atoms with van der Waals surface area (Å²) >= 11 is 5.76. The van der Waals surface area contributed by atoms with E-state index in [2.05, 4.69) is 4.98 Å². The Morgan fingerprint density at radius 3 is 2.75 bits per heavy atom.